The first-order valence-electron chi connectivity index (χ1n) is 8.51. The Morgan fingerprint density at radius 1 is 1.38 bits per heavy atom. The van der Waals surface area contributed by atoms with Crippen molar-refractivity contribution in [1.29, 1.82) is 0 Å². The summed E-state index contributed by atoms with van der Waals surface area (Å²) in [4.78, 5) is 26.3. The van der Waals surface area contributed by atoms with Crippen LogP contribution in [0.4, 0.5) is 5.69 Å². The van der Waals surface area contributed by atoms with E-state index in [1.54, 1.807) is 22.0 Å². The Balaban J connectivity index is 1.53. The van der Waals surface area contributed by atoms with Crippen LogP contribution in [-0.4, -0.2) is 64.4 Å². The highest BCUT2D eigenvalue weighted by atomic mass is 16.5. The molecule has 2 saturated heterocycles. The summed E-state index contributed by atoms with van der Waals surface area (Å²) in [5.41, 5.74) is 0.616. The molecule has 3 rings (SSSR count). The van der Waals surface area contributed by atoms with Gasteiger partial charge < -0.3 is 20.3 Å². The van der Waals surface area contributed by atoms with Crippen molar-refractivity contribution in [2.24, 2.45) is 0 Å². The highest BCUT2D eigenvalue weighted by Crippen LogP contribution is 2.13. The van der Waals surface area contributed by atoms with Crippen molar-refractivity contribution >= 4 is 17.5 Å². The Morgan fingerprint density at radius 3 is 2.79 bits per heavy atom. The number of amides is 2. The Morgan fingerprint density at radius 2 is 2.12 bits per heavy atom. The lowest BCUT2D eigenvalue weighted by molar-refractivity contribution is -0.144. The van der Waals surface area contributed by atoms with E-state index in [9.17, 15) is 9.59 Å². The highest BCUT2D eigenvalue weighted by Gasteiger charge is 2.26. The van der Waals surface area contributed by atoms with E-state index in [0.717, 1.165) is 19.4 Å². The van der Waals surface area contributed by atoms with Gasteiger partial charge in [-0.15, -0.1) is 0 Å². The molecule has 3 atom stereocenters. The number of aromatic nitrogens is 2. The fourth-order valence-electron chi connectivity index (χ4n) is 3.27. The summed E-state index contributed by atoms with van der Waals surface area (Å²) in [6.07, 6.45) is 5.23. The van der Waals surface area contributed by atoms with Crippen LogP contribution in [0.3, 0.4) is 0 Å². The molecule has 2 aliphatic heterocycles. The van der Waals surface area contributed by atoms with Crippen molar-refractivity contribution in [2.45, 2.75) is 51.5 Å². The average molecular weight is 335 g/mol. The maximum atomic E-state index is 12.4. The predicted octanol–water partition coefficient (Wildman–Crippen LogP) is 0.209. The van der Waals surface area contributed by atoms with Crippen LogP contribution in [0.5, 0.6) is 0 Å². The first-order valence-corrected chi connectivity index (χ1v) is 8.51. The molecule has 0 saturated carbocycles. The quantitative estimate of drug-likeness (QED) is 0.821. The molecule has 2 aliphatic rings. The summed E-state index contributed by atoms with van der Waals surface area (Å²) in [6.45, 7) is 6.17. The molecule has 8 nitrogen and oxygen atoms in total. The molecule has 1 aromatic heterocycles. The molecule has 24 heavy (non-hydrogen) atoms. The predicted molar refractivity (Wildman–Crippen MR) is 88.5 cm³/mol. The van der Waals surface area contributed by atoms with Gasteiger partial charge in [0.1, 0.15) is 6.54 Å². The van der Waals surface area contributed by atoms with Gasteiger partial charge in [-0.05, 0) is 33.2 Å². The topological polar surface area (TPSA) is 88.5 Å². The van der Waals surface area contributed by atoms with Gasteiger partial charge in [0.25, 0.3) is 0 Å². The SMILES string of the molecule is CC1CN(C(=O)Cn2cc(NC(=O)C3CCCN3)cn2)CC(C)O1. The zero-order chi connectivity index (χ0) is 17.1. The lowest BCUT2D eigenvalue weighted by Gasteiger charge is -2.35. The number of anilines is 1. The largest absolute Gasteiger partial charge is 0.372 e. The van der Waals surface area contributed by atoms with Gasteiger partial charge in [-0.1, -0.05) is 0 Å². The second-order valence-corrected chi connectivity index (χ2v) is 6.62. The summed E-state index contributed by atoms with van der Waals surface area (Å²) >= 11 is 0. The van der Waals surface area contributed by atoms with Crippen molar-refractivity contribution < 1.29 is 14.3 Å². The fraction of sp³-hybridized carbons (Fsp3) is 0.688. The van der Waals surface area contributed by atoms with E-state index in [2.05, 4.69) is 15.7 Å². The van der Waals surface area contributed by atoms with E-state index >= 15 is 0 Å². The number of nitrogens with zero attached hydrogens (tertiary/aromatic N) is 3. The molecule has 0 spiro atoms. The molecule has 0 aromatic carbocycles. The van der Waals surface area contributed by atoms with E-state index in [4.69, 9.17) is 4.74 Å². The Bertz CT molecular complexity index is 586. The zero-order valence-corrected chi connectivity index (χ0v) is 14.2. The van der Waals surface area contributed by atoms with Crippen molar-refractivity contribution in [3.8, 4) is 0 Å². The molecule has 2 fully saturated rings. The molecule has 132 valence electrons. The number of carbonyl (C=O) groups is 2. The summed E-state index contributed by atoms with van der Waals surface area (Å²) in [6, 6.07) is -0.133. The van der Waals surface area contributed by atoms with Crippen LogP contribution >= 0.6 is 0 Å². The Kier molecular flexibility index (Phi) is 5.15. The third-order valence-electron chi connectivity index (χ3n) is 4.35. The number of hydrogen-bond acceptors (Lipinski definition) is 5. The third kappa shape index (κ3) is 4.12. The molecule has 0 radical (unpaired) electrons. The van der Waals surface area contributed by atoms with Crippen molar-refractivity contribution in [2.75, 3.05) is 25.0 Å². The number of morpholine rings is 1. The standard InChI is InChI=1S/C16H25N5O3/c1-11-7-20(8-12(2)24-11)15(22)10-21-9-13(6-18-21)19-16(23)14-4-3-5-17-14/h6,9,11-12,14,17H,3-5,7-8,10H2,1-2H3,(H,19,23). The van der Waals surface area contributed by atoms with Crippen molar-refractivity contribution in [3.05, 3.63) is 12.4 Å². The van der Waals surface area contributed by atoms with Gasteiger partial charge in [0.05, 0.1) is 30.1 Å². The average Bonchev–Trinajstić information content (AvgIpc) is 3.18. The summed E-state index contributed by atoms with van der Waals surface area (Å²) in [5, 5.41) is 10.2. The highest BCUT2D eigenvalue weighted by molar-refractivity contribution is 5.94. The molecule has 3 heterocycles. The van der Waals surface area contributed by atoms with Gasteiger partial charge in [-0.2, -0.15) is 5.10 Å². The Hall–Kier alpha value is -1.93. The second kappa shape index (κ2) is 7.31. The molecule has 2 amide bonds. The molecule has 1 aromatic rings. The second-order valence-electron chi connectivity index (χ2n) is 6.62. The number of carbonyl (C=O) groups excluding carboxylic acids is 2. The molecule has 3 unspecified atom stereocenters. The number of rotatable bonds is 4. The lowest BCUT2D eigenvalue weighted by atomic mass is 10.2. The first kappa shape index (κ1) is 16.9. The van der Waals surface area contributed by atoms with Crippen LogP contribution in [0.2, 0.25) is 0 Å². The minimum atomic E-state index is -0.133. The van der Waals surface area contributed by atoms with E-state index in [-0.39, 0.29) is 36.6 Å². The van der Waals surface area contributed by atoms with Crippen LogP contribution in [0.1, 0.15) is 26.7 Å². The van der Waals surface area contributed by atoms with Gasteiger partial charge in [-0.3, -0.25) is 14.3 Å². The maximum Gasteiger partial charge on any atom is 0.244 e. The summed E-state index contributed by atoms with van der Waals surface area (Å²) in [5.74, 6) is -0.0374. The number of nitrogens with one attached hydrogen (secondary N) is 2. The van der Waals surface area contributed by atoms with E-state index in [1.807, 2.05) is 13.8 Å². The summed E-state index contributed by atoms with van der Waals surface area (Å²) < 4.78 is 7.20. The van der Waals surface area contributed by atoms with Gasteiger partial charge in [0.2, 0.25) is 11.8 Å². The monoisotopic (exact) mass is 335 g/mol. The maximum absolute atomic E-state index is 12.4. The van der Waals surface area contributed by atoms with Gasteiger partial charge >= 0.3 is 0 Å². The number of hydrogen-bond donors (Lipinski definition) is 2. The minimum Gasteiger partial charge on any atom is -0.372 e. The zero-order valence-electron chi connectivity index (χ0n) is 14.2. The van der Waals surface area contributed by atoms with Crippen molar-refractivity contribution in [3.63, 3.8) is 0 Å². The molecule has 0 bridgehead atoms. The molecule has 2 N–H and O–H groups in total. The molecule has 0 aliphatic carbocycles. The number of ether oxygens (including phenoxy) is 1. The van der Waals surface area contributed by atoms with E-state index in [1.165, 1.54) is 0 Å². The van der Waals surface area contributed by atoms with Gasteiger partial charge in [0.15, 0.2) is 0 Å². The van der Waals surface area contributed by atoms with E-state index < -0.39 is 0 Å². The van der Waals surface area contributed by atoms with Crippen LogP contribution in [0.25, 0.3) is 0 Å². The van der Waals surface area contributed by atoms with Gasteiger partial charge in [-0.25, -0.2) is 0 Å². The molecular weight excluding hydrogens is 310 g/mol. The van der Waals surface area contributed by atoms with Crippen LogP contribution in [-0.2, 0) is 20.9 Å². The smallest absolute Gasteiger partial charge is 0.244 e. The lowest BCUT2D eigenvalue weighted by Crippen LogP contribution is -2.49. The normalized spacial score (nSPS) is 27.2. The van der Waals surface area contributed by atoms with Gasteiger partial charge in [0, 0.05) is 19.3 Å². The minimum absolute atomic E-state index is 0.00966. The van der Waals surface area contributed by atoms with Crippen LogP contribution in [0, 0.1) is 0 Å². The molecular formula is C16H25N5O3. The third-order valence-corrected chi connectivity index (χ3v) is 4.35. The van der Waals surface area contributed by atoms with Crippen molar-refractivity contribution in [1.82, 2.24) is 20.0 Å². The fourth-order valence-corrected chi connectivity index (χ4v) is 3.27. The molecule has 8 heteroatoms. The van der Waals surface area contributed by atoms with Crippen LogP contribution < -0.4 is 10.6 Å². The Labute approximate surface area is 141 Å². The first-order chi connectivity index (χ1) is 11.5. The van der Waals surface area contributed by atoms with E-state index in [0.29, 0.717) is 18.8 Å². The van der Waals surface area contributed by atoms with Crippen LogP contribution in [0.15, 0.2) is 12.4 Å². The summed E-state index contributed by atoms with van der Waals surface area (Å²) in [7, 11) is 0.